The highest BCUT2D eigenvalue weighted by molar-refractivity contribution is 6.32. The number of nitrogens with one attached hydrogen (secondary N) is 1. The minimum absolute atomic E-state index is 0.0247. The summed E-state index contributed by atoms with van der Waals surface area (Å²) < 4.78 is 0. The van der Waals surface area contributed by atoms with Crippen LogP contribution in [0.25, 0.3) is 0 Å². The Labute approximate surface area is 92.7 Å². The van der Waals surface area contributed by atoms with Crippen molar-refractivity contribution in [3.05, 3.63) is 29.0 Å². The van der Waals surface area contributed by atoms with E-state index in [1.165, 1.54) is 6.20 Å². The lowest BCUT2D eigenvalue weighted by Crippen LogP contribution is -2.29. The van der Waals surface area contributed by atoms with Crippen LogP contribution in [-0.4, -0.2) is 23.2 Å². The molecule has 5 heteroatoms. The second-order valence-corrected chi connectivity index (χ2v) is 3.27. The molecule has 0 atom stereocenters. The lowest BCUT2D eigenvalue weighted by Gasteiger charge is -2.04. The van der Waals surface area contributed by atoms with Crippen molar-refractivity contribution in [2.75, 3.05) is 6.54 Å². The Morgan fingerprint density at radius 2 is 2.27 bits per heavy atom. The lowest BCUT2D eigenvalue weighted by molar-refractivity contribution is -0.117. The Bertz CT molecular complexity index is 379. The van der Waals surface area contributed by atoms with Crippen LogP contribution in [0, 0.1) is 0 Å². The molecule has 0 unspecified atom stereocenters. The summed E-state index contributed by atoms with van der Waals surface area (Å²) in [5.41, 5.74) is 0.281. The molecule has 80 valence electrons. The molecule has 0 radical (unpaired) electrons. The summed E-state index contributed by atoms with van der Waals surface area (Å²) in [7, 11) is 0. The highest BCUT2D eigenvalue weighted by Crippen LogP contribution is 2.10. The highest BCUT2D eigenvalue weighted by Gasteiger charge is 2.10. The maximum atomic E-state index is 11.5. The van der Waals surface area contributed by atoms with Crippen LogP contribution < -0.4 is 5.32 Å². The summed E-state index contributed by atoms with van der Waals surface area (Å²) in [4.78, 5) is 26.2. The molecule has 0 fully saturated rings. The quantitative estimate of drug-likeness (QED) is 0.791. The first kappa shape index (κ1) is 11.7. The van der Waals surface area contributed by atoms with Gasteiger partial charge in [0.1, 0.15) is 5.15 Å². The first-order valence-corrected chi connectivity index (χ1v) is 4.93. The van der Waals surface area contributed by atoms with E-state index < -0.39 is 0 Å². The smallest absolute Gasteiger partial charge is 0.254 e. The first-order chi connectivity index (χ1) is 7.15. The zero-order valence-electron chi connectivity index (χ0n) is 8.29. The van der Waals surface area contributed by atoms with Crippen molar-refractivity contribution >= 4 is 23.3 Å². The number of aromatic nitrogens is 1. The zero-order chi connectivity index (χ0) is 11.3. The van der Waals surface area contributed by atoms with E-state index in [1.54, 1.807) is 19.1 Å². The number of ketones is 1. The van der Waals surface area contributed by atoms with Gasteiger partial charge in [-0.15, -0.1) is 0 Å². The number of hydrogen-bond acceptors (Lipinski definition) is 3. The molecule has 1 aromatic rings. The molecule has 0 aliphatic rings. The monoisotopic (exact) mass is 226 g/mol. The Morgan fingerprint density at radius 1 is 1.53 bits per heavy atom. The third-order valence-corrected chi connectivity index (χ3v) is 2.15. The molecule has 4 nitrogen and oxygen atoms in total. The molecule has 0 aliphatic heterocycles. The van der Waals surface area contributed by atoms with Crippen LogP contribution in [-0.2, 0) is 4.79 Å². The van der Waals surface area contributed by atoms with Crippen LogP contribution in [0.5, 0.6) is 0 Å². The van der Waals surface area contributed by atoms with Crippen molar-refractivity contribution in [1.29, 1.82) is 0 Å². The largest absolute Gasteiger partial charge is 0.345 e. The number of rotatable bonds is 4. The molecule has 1 amide bonds. The van der Waals surface area contributed by atoms with Crippen LogP contribution in [0.15, 0.2) is 18.3 Å². The van der Waals surface area contributed by atoms with Crippen LogP contribution in [0.3, 0.4) is 0 Å². The van der Waals surface area contributed by atoms with E-state index >= 15 is 0 Å². The van der Waals surface area contributed by atoms with Crippen molar-refractivity contribution in [2.24, 2.45) is 0 Å². The van der Waals surface area contributed by atoms with Gasteiger partial charge in [0, 0.05) is 12.6 Å². The second kappa shape index (κ2) is 5.46. The maximum absolute atomic E-state index is 11.5. The van der Waals surface area contributed by atoms with Crippen LogP contribution in [0.2, 0.25) is 5.15 Å². The zero-order valence-corrected chi connectivity index (χ0v) is 9.04. The van der Waals surface area contributed by atoms with Gasteiger partial charge in [-0.1, -0.05) is 18.5 Å². The van der Waals surface area contributed by atoms with Gasteiger partial charge in [0.15, 0.2) is 5.78 Å². The minimum atomic E-state index is -0.380. The number of amides is 1. The molecule has 0 bridgehead atoms. The Balaban J connectivity index is 2.62. The number of halogens is 1. The minimum Gasteiger partial charge on any atom is -0.345 e. The van der Waals surface area contributed by atoms with Gasteiger partial charge in [-0.2, -0.15) is 0 Å². The number of pyridine rings is 1. The molecule has 0 saturated heterocycles. The summed E-state index contributed by atoms with van der Waals surface area (Å²) in [6, 6.07) is 3.17. The Hall–Kier alpha value is -1.42. The lowest BCUT2D eigenvalue weighted by atomic mass is 10.2. The fourth-order valence-corrected chi connectivity index (χ4v) is 1.16. The van der Waals surface area contributed by atoms with E-state index in [4.69, 9.17) is 11.6 Å². The van der Waals surface area contributed by atoms with Gasteiger partial charge in [-0.05, 0) is 12.1 Å². The molecule has 1 aromatic heterocycles. The van der Waals surface area contributed by atoms with Gasteiger partial charge in [-0.3, -0.25) is 9.59 Å². The highest BCUT2D eigenvalue weighted by atomic mass is 35.5. The Morgan fingerprint density at radius 3 is 2.87 bits per heavy atom. The van der Waals surface area contributed by atoms with Crippen molar-refractivity contribution in [2.45, 2.75) is 13.3 Å². The molecule has 15 heavy (non-hydrogen) atoms. The van der Waals surface area contributed by atoms with E-state index in [9.17, 15) is 9.59 Å². The third kappa shape index (κ3) is 3.32. The van der Waals surface area contributed by atoms with Gasteiger partial charge in [0.05, 0.1) is 12.1 Å². The summed E-state index contributed by atoms with van der Waals surface area (Å²) in [6.45, 7) is 1.77. The third-order valence-electron chi connectivity index (χ3n) is 1.84. The fourth-order valence-electron chi connectivity index (χ4n) is 0.954. The molecule has 0 spiro atoms. The van der Waals surface area contributed by atoms with E-state index in [2.05, 4.69) is 10.3 Å². The van der Waals surface area contributed by atoms with Crippen molar-refractivity contribution in [1.82, 2.24) is 10.3 Å². The average Bonchev–Trinajstić information content (AvgIpc) is 2.26. The standard InChI is InChI=1S/C10H11ClN2O2/c1-2-7(14)6-13-10(15)8-4-3-5-12-9(8)11/h3-5H,2,6H2,1H3,(H,13,15). The fraction of sp³-hybridized carbons (Fsp3) is 0.300. The second-order valence-electron chi connectivity index (χ2n) is 2.92. The van der Waals surface area contributed by atoms with E-state index in [0.29, 0.717) is 6.42 Å². The number of hydrogen-bond donors (Lipinski definition) is 1. The molecule has 0 aromatic carbocycles. The van der Waals surface area contributed by atoms with Gasteiger partial charge in [-0.25, -0.2) is 4.98 Å². The van der Waals surface area contributed by atoms with Crippen molar-refractivity contribution in [3.8, 4) is 0 Å². The number of carbonyl (C=O) groups is 2. The summed E-state index contributed by atoms with van der Waals surface area (Å²) in [5.74, 6) is -0.404. The average molecular weight is 227 g/mol. The summed E-state index contributed by atoms with van der Waals surface area (Å²) >= 11 is 5.71. The van der Waals surface area contributed by atoms with Crippen LogP contribution >= 0.6 is 11.6 Å². The normalized spacial score (nSPS) is 9.73. The predicted molar refractivity (Wildman–Crippen MR) is 56.9 cm³/mol. The Kier molecular flexibility index (Phi) is 4.24. The van der Waals surface area contributed by atoms with Crippen molar-refractivity contribution in [3.63, 3.8) is 0 Å². The molecule has 1 N–H and O–H groups in total. The first-order valence-electron chi connectivity index (χ1n) is 4.55. The van der Waals surface area contributed by atoms with Crippen molar-refractivity contribution < 1.29 is 9.59 Å². The molecule has 0 aliphatic carbocycles. The molecular formula is C10H11ClN2O2. The van der Waals surface area contributed by atoms with Gasteiger partial charge >= 0.3 is 0 Å². The van der Waals surface area contributed by atoms with E-state index in [-0.39, 0.29) is 29.0 Å². The topological polar surface area (TPSA) is 59.1 Å². The number of nitrogens with zero attached hydrogens (tertiary/aromatic N) is 1. The van der Waals surface area contributed by atoms with Crippen LogP contribution in [0.4, 0.5) is 0 Å². The molecular weight excluding hydrogens is 216 g/mol. The summed E-state index contributed by atoms with van der Waals surface area (Å²) in [5, 5.41) is 2.62. The molecule has 0 saturated carbocycles. The SMILES string of the molecule is CCC(=O)CNC(=O)c1cccnc1Cl. The molecule has 1 heterocycles. The predicted octanol–water partition coefficient (Wildman–Crippen LogP) is 1.44. The van der Waals surface area contributed by atoms with Gasteiger partial charge in [0.2, 0.25) is 0 Å². The number of carbonyl (C=O) groups excluding carboxylic acids is 2. The number of Topliss-reactive ketones (excluding diaryl/α,β-unsaturated/α-hetero) is 1. The van der Waals surface area contributed by atoms with Gasteiger partial charge < -0.3 is 5.32 Å². The van der Waals surface area contributed by atoms with E-state index in [1.807, 2.05) is 0 Å². The molecule has 1 rings (SSSR count). The van der Waals surface area contributed by atoms with E-state index in [0.717, 1.165) is 0 Å². The summed E-state index contributed by atoms with van der Waals surface area (Å²) in [6.07, 6.45) is 1.90. The van der Waals surface area contributed by atoms with Crippen LogP contribution in [0.1, 0.15) is 23.7 Å². The van der Waals surface area contributed by atoms with Gasteiger partial charge in [0.25, 0.3) is 5.91 Å². The maximum Gasteiger partial charge on any atom is 0.254 e.